The molecule has 11 unspecified atom stereocenters. The Balaban J connectivity index is 0.796. The number of anilines is 5. The number of aromatic nitrogens is 14. The molecule has 0 radical (unpaired) electrons. The first kappa shape index (κ1) is 113. The summed E-state index contributed by atoms with van der Waals surface area (Å²) in [6.07, 6.45) is -28.2. The number of nitrogens with one attached hydrogen (secondary N) is 1. The van der Waals surface area contributed by atoms with Gasteiger partial charge < -0.3 is 152 Å². The largest absolute Gasteiger partial charge is 0.472 e. The molecule has 6 fully saturated rings. The van der Waals surface area contributed by atoms with E-state index in [1.807, 2.05) is 0 Å². The van der Waals surface area contributed by atoms with Crippen LogP contribution in [0.3, 0.4) is 0 Å². The third kappa shape index (κ3) is 27.6. The number of imidazole rings is 1. The van der Waals surface area contributed by atoms with Crippen molar-refractivity contribution in [3.05, 3.63) is 134 Å². The smallest absolute Gasteiger partial charge is 0.387 e. The Bertz CT molecular complexity index is 6220. The van der Waals surface area contributed by atoms with Gasteiger partial charge in [-0.15, -0.1) is 0 Å². The molecule has 6 aliphatic rings. The molecule has 28 atom stereocenters. The molecule has 13 rings (SSSR count). The van der Waals surface area contributed by atoms with Crippen LogP contribution in [0, 0.1) is 34.6 Å². The Morgan fingerprint density at radius 1 is 0.392 bits per heavy atom. The van der Waals surface area contributed by atoms with Crippen molar-refractivity contribution in [1.82, 2.24) is 67.3 Å². The number of aliphatic hydroxyl groups excluding tert-OH is 1. The van der Waals surface area contributed by atoms with Crippen molar-refractivity contribution < 1.29 is 160 Å². The molecule has 0 aromatic carbocycles. The molecular formula is C76H114N19O40P5S3. The van der Waals surface area contributed by atoms with Crippen molar-refractivity contribution in [3.8, 4) is 0 Å². The molecule has 17 N–H and O–H groups in total. The third-order valence-electron chi connectivity index (χ3n) is 23.2. The molecule has 0 bridgehead atoms. The Morgan fingerprint density at radius 3 is 1.12 bits per heavy atom. The fourth-order valence-electron chi connectivity index (χ4n) is 16.1. The molecule has 0 amide bonds. The number of phosphoric ester groups is 2. The molecule has 59 nitrogen and oxygen atoms in total. The summed E-state index contributed by atoms with van der Waals surface area (Å²) in [4.78, 5) is 174. The van der Waals surface area contributed by atoms with E-state index < -0.39 is 251 Å². The fraction of sp³-hybridized carbons (Fsp3) is 0.671. The fourth-order valence-corrected chi connectivity index (χ4v) is 22.4. The highest BCUT2D eigenvalue weighted by atomic mass is 32.5. The monoisotopic (exact) mass is 2180 g/mol. The Kier molecular flexibility index (Phi) is 38.8. The average Bonchev–Trinajstić information content (AvgIpc) is 1.61. The highest BCUT2D eigenvalue weighted by molar-refractivity contribution is 8.07. The molecule has 13 heterocycles. The van der Waals surface area contributed by atoms with Crippen molar-refractivity contribution >= 4 is 111 Å². The maximum atomic E-state index is 15.4. The van der Waals surface area contributed by atoms with Crippen LogP contribution in [0.1, 0.15) is 85.0 Å². The summed E-state index contributed by atoms with van der Waals surface area (Å²) >= 11 is 17.1. The lowest BCUT2D eigenvalue weighted by Gasteiger charge is -2.30. The molecule has 0 saturated carbocycles. The summed E-state index contributed by atoms with van der Waals surface area (Å²) in [6.45, 7) is -12.3. The van der Waals surface area contributed by atoms with E-state index in [4.69, 9.17) is 185 Å². The number of rotatable bonds is 52. The minimum absolute atomic E-state index is 0.00376. The number of hydrogen-bond acceptors (Lipinski definition) is 50. The Hall–Kier alpha value is -7.12. The van der Waals surface area contributed by atoms with Crippen LogP contribution in [0.5, 0.6) is 0 Å². The van der Waals surface area contributed by atoms with E-state index >= 15 is 9.13 Å². The predicted octanol–water partition coefficient (Wildman–Crippen LogP) is -1.58. The van der Waals surface area contributed by atoms with Gasteiger partial charge in [-0.3, -0.25) is 64.3 Å². The lowest BCUT2D eigenvalue weighted by molar-refractivity contribution is -0.0851. The summed E-state index contributed by atoms with van der Waals surface area (Å²) in [5, 5.41) is 11.8. The van der Waals surface area contributed by atoms with Gasteiger partial charge in [0.1, 0.15) is 133 Å². The molecule has 6 aliphatic heterocycles. The van der Waals surface area contributed by atoms with Gasteiger partial charge in [0.2, 0.25) is 0 Å². The quantitative estimate of drug-likeness (QED) is 0.0151. The zero-order chi connectivity index (χ0) is 104. The number of aliphatic hydroxyl groups is 1. The number of nitrogens with zero attached hydrogens (tertiary/aromatic N) is 13. The number of aryl methyl sites for hydroxylation is 5. The summed E-state index contributed by atoms with van der Waals surface area (Å²) in [6, 6.07) is 0. The van der Waals surface area contributed by atoms with E-state index in [2.05, 4.69) is 39.9 Å². The summed E-state index contributed by atoms with van der Waals surface area (Å²) < 4.78 is 193. The second-order valence-corrected chi connectivity index (χ2v) is 44.2. The number of methoxy groups -OCH3 is 5. The van der Waals surface area contributed by atoms with Crippen LogP contribution in [-0.4, -0.2) is 335 Å². The van der Waals surface area contributed by atoms with Crippen LogP contribution < -0.4 is 62.7 Å². The van der Waals surface area contributed by atoms with Crippen molar-refractivity contribution in [2.75, 3.05) is 163 Å². The van der Waals surface area contributed by atoms with E-state index in [-0.39, 0.29) is 129 Å². The zero-order valence-electron chi connectivity index (χ0n) is 78.6. The molecule has 796 valence electrons. The van der Waals surface area contributed by atoms with Crippen molar-refractivity contribution in [2.45, 2.75) is 196 Å². The molecule has 143 heavy (non-hydrogen) atoms. The summed E-state index contributed by atoms with van der Waals surface area (Å²) in [7, 11) is -5.05. The SMILES string of the molecule is CC[C@H]1O[C@@H](n2cc(C)c(N)nc2=O)CC1OP(O)(=S)OC[C@H]1O[C@@H](n2cnc3c(N)ncnc32)[C@@H](OCCOC)C1OP(=O)(O)OC[C@H]1O[C@@H](n2cc(C)c(=O)[nH]c2=O)[C@@H](OCCOC)C1OP(=O)(O)OC[C@H]1O[C@@H](n2cc(C)c(N)nc2=O)[C@@H](OCCOC)C1OP(O)(=S)OC[C@H]1O[C@@H](n2cc(C)c(N)nc2=O)[C@@H](OCCOC)C1OP(O)(=S)OC[C@H]1O[C@@H](n2cc(C)c(N)nc2=O)[C@@H](OCCOC)C1O. The Morgan fingerprint density at radius 2 is 0.720 bits per heavy atom. The molecule has 7 aromatic rings. The van der Waals surface area contributed by atoms with Gasteiger partial charge in [0.05, 0.1) is 118 Å². The number of fused-ring (bicyclic) bond motifs is 1. The zero-order valence-corrected chi connectivity index (χ0v) is 85.5. The van der Waals surface area contributed by atoms with Crippen LogP contribution in [0.2, 0.25) is 0 Å². The van der Waals surface area contributed by atoms with Gasteiger partial charge in [-0.05, 0) is 76.5 Å². The highest BCUT2D eigenvalue weighted by Crippen LogP contribution is 2.58. The Labute approximate surface area is 827 Å². The van der Waals surface area contributed by atoms with Crippen molar-refractivity contribution in [3.63, 3.8) is 0 Å². The van der Waals surface area contributed by atoms with Gasteiger partial charge in [-0.1, -0.05) is 6.92 Å². The highest BCUT2D eigenvalue weighted by Gasteiger charge is 2.59. The number of hydrogen-bond donors (Lipinski definition) is 12. The normalized spacial score (nSPS) is 29.4. The predicted molar refractivity (Wildman–Crippen MR) is 502 cm³/mol. The van der Waals surface area contributed by atoms with Crippen LogP contribution in [-0.2, 0) is 166 Å². The van der Waals surface area contributed by atoms with E-state index in [1.165, 1.54) is 96.6 Å². The second kappa shape index (κ2) is 49.1. The lowest BCUT2D eigenvalue weighted by atomic mass is 10.1. The van der Waals surface area contributed by atoms with Gasteiger partial charge in [-0.2, -0.15) is 19.9 Å². The summed E-state index contributed by atoms with van der Waals surface area (Å²) in [5.41, 5.74) is 25.9. The maximum Gasteiger partial charge on any atom is 0.472 e. The van der Waals surface area contributed by atoms with Gasteiger partial charge in [0.25, 0.3) is 5.56 Å². The first-order valence-electron chi connectivity index (χ1n) is 43.9. The molecule has 67 heteroatoms. The standard InChI is InChI=1S/C76H114N19O40P5S3/c1-12-41-42(23-48(125-41)90-24-36(2)60(77)85-72(90)98)131-138(107,141)123-32-46-52(57(117-20-15-112-9)71(130-46)95-35-84-49-64(81)82-34-83-65(49)95)133-136(103,104)120-30-44-51(56(116-19-14-111-8)68(127-44)94-28-40(6)66(97)89-76(94)102)132-137(105,106)121-31-45-53(58(118-21-16-113-10)69(128-45)92-26-38(4)62(79)87-74(92)100)134-140(109,143)124-33-47-54(59(119-22-17-114-11)70(129-47)93-27-39(5)63(80)88-75(93)101)135-139(108,142)122-29-43-50(96)55(115-18-13-110-7)67(126-43)91-25-37(3)61(78)86-73(91)99/h24-28,34-35,41-48,50-59,67-71,96H,12-23,29-33H2,1-11H3,(H,103,104)(H,105,106)(H,107,141)(H,108,142)(H,109,143)(H2,77,85,98)(H2,78,86,99)(H2,79,87,100)(H2,80,88,101)(H2,81,82,83)(H,89,97,102)/t41-,42?,43-,44-,45-,46-,47-,48-,50?,51?,52?,53?,54?,55+,56+,57+,58+,59+,67-,68-,69-,70-,71-,138?,139?,140?/m1/s1. The van der Waals surface area contributed by atoms with Gasteiger partial charge >= 0.3 is 64.2 Å². The third-order valence-corrected chi connectivity index (χ3v) is 29.9. The van der Waals surface area contributed by atoms with Crippen LogP contribution in [0.15, 0.2) is 72.4 Å². The summed E-state index contributed by atoms with van der Waals surface area (Å²) in [5.74, 6) is -0.567. The van der Waals surface area contributed by atoms with Crippen LogP contribution in [0.25, 0.3) is 11.2 Å². The van der Waals surface area contributed by atoms with Crippen molar-refractivity contribution in [1.29, 1.82) is 0 Å². The number of aromatic amines is 1. The first-order chi connectivity index (χ1) is 67.8. The van der Waals surface area contributed by atoms with Crippen molar-refractivity contribution in [2.24, 2.45) is 0 Å². The van der Waals surface area contributed by atoms with E-state index in [0.717, 1.165) is 30.8 Å². The average molecular weight is 2180 g/mol. The van der Waals surface area contributed by atoms with Crippen LogP contribution in [0.4, 0.5) is 29.1 Å². The molecule has 0 aliphatic carbocycles. The maximum absolute atomic E-state index is 15.4. The minimum atomic E-state index is -5.95. The number of H-pyrrole nitrogens is 1. The van der Waals surface area contributed by atoms with E-state index in [1.54, 1.807) is 20.8 Å². The number of ether oxygens (including phenoxy) is 16. The number of phosphoric acid groups is 2. The molecule has 0 spiro atoms. The van der Waals surface area contributed by atoms with Gasteiger partial charge in [-0.25, -0.2) is 48.1 Å². The van der Waals surface area contributed by atoms with E-state index in [0.29, 0.717) is 11.1 Å². The number of nitrogen functional groups attached to an aromatic ring is 5. The lowest BCUT2D eigenvalue weighted by Crippen LogP contribution is -2.42. The van der Waals surface area contributed by atoms with Gasteiger partial charge in [0, 0.05) is 101 Å². The molecule has 7 aromatic heterocycles. The molecular weight excluding hydrogens is 2070 g/mol. The van der Waals surface area contributed by atoms with Crippen LogP contribution >= 0.6 is 35.8 Å². The molecule has 6 saturated heterocycles. The first-order valence-corrected chi connectivity index (χ1v) is 54.7. The van der Waals surface area contributed by atoms with Gasteiger partial charge in [0.15, 0.2) is 42.6 Å². The topological polar surface area (TPSA) is 764 Å². The second-order valence-electron chi connectivity index (χ2n) is 33.0. The number of nitrogens with two attached hydrogens (primary N) is 5. The minimum Gasteiger partial charge on any atom is -0.387 e. The van der Waals surface area contributed by atoms with E-state index in [9.17, 15) is 58.3 Å².